The molecule has 0 atom stereocenters. The molecule has 0 saturated carbocycles. The van der Waals surface area contributed by atoms with Crippen molar-refractivity contribution in [2.24, 2.45) is 0 Å². The van der Waals surface area contributed by atoms with E-state index in [1.165, 1.54) is 10.4 Å². The molecule has 0 amide bonds. The minimum absolute atomic E-state index is 0. The predicted octanol–water partition coefficient (Wildman–Crippen LogP) is 10.8. The number of hydrogen-bond acceptors (Lipinski definition) is 5. The van der Waals surface area contributed by atoms with Crippen molar-refractivity contribution in [3.63, 3.8) is 0 Å². The van der Waals surface area contributed by atoms with Gasteiger partial charge in [0.05, 0.1) is 21.7 Å². The molecule has 9 aromatic rings. The molecular weight excluding hydrogens is 972 g/mol. The molecule has 5 nitrogen and oxygen atoms in total. The van der Waals surface area contributed by atoms with E-state index in [2.05, 4.69) is 111 Å². The predicted molar refractivity (Wildman–Crippen MR) is 258 cm³/mol. The zero-order valence-electron chi connectivity index (χ0n) is 38.4. The molecule has 0 fully saturated rings. The van der Waals surface area contributed by atoms with E-state index in [1.807, 2.05) is 85.2 Å². The second-order valence-corrected chi connectivity index (χ2v) is 28.0. The van der Waals surface area contributed by atoms with Crippen LogP contribution in [0.3, 0.4) is 0 Å². The van der Waals surface area contributed by atoms with E-state index in [1.54, 1.807) is 6.07 Å². The standard InChI is InChI=1S/C32H23BNO3Si.C21H22NSi.Ir/c1-38(2,3)19-14-15-34-25(16-19)21-9-6-8-20-22-17-30-24(18-29(22)37-32(20)21)33-23-10-4-5-11-26(23)35-27-12-7-13-28(36-30)31(27)33;1-16-10-11-18(14-20(16)17-8-6-5-7-9-17)21-15-19(12-13-22-21)23(2,3)4;/h4-8,10-18H,1-3H3;5-10,12-15H,1-4H3;/q2*-1;/i;1D3;. The SMILES string of the molecule is C[Si](C)(C)c1ccnc(-c2[c-]ccc3c2oc2cc4c(cc23)Oc2cccc3c2B4c2ccccc2O3)c1.[2H]C([2H])([2H])c1c[c-]c(-c2cc([Si](C)(C)C)ccn2)cc1-c1ccccc1.[Ir]. The van der Waals surface area contributed by atoms with Crippen molar-refractivity contribution < 1.29 is 38.1 Å². The average molecular weight is 1020 g/mol. The van der Waals surface area contributed by atoms with Crippen molar-refractivity contribution >= 4 is 71.6 Å². The Bertz CT molecular complexity index is 3270. The average Bonchev–Trinajstić information content (AvgIpc) is 3.65. The van der Waals surface area contributed by atoms with Crippen LogP contribution in [0.25, 0.3) is 55.6 Å². The molecule has 307 valence electrons. The number of ether oxygens (including phenoxy) is 2. The molecule has 3 aromatic heterocycles. The molecule has 2 aliphatic rings. The summed E-state index contributed by atoms with van der Waals surface area (Å²) in [4.78, 5) is 9.21. The fraction of sp³-hybridized carbons (Fsp3) is 0.132. The Morgan fingerprint density at radius 1 is 0.613 bits per heavy atom. The number of para-hydroxylation sites is 1. The molecule has 11 rings (SSSR count). The number of aromatic nitrogens is 2. The summed E-state index contributed by atoms with van der Waals surface area (Å²) in [6.07, 6.45) is 3.73. The molecule has 2 aliphatic heterocycles. The topological polar surface area (TPSA) is 57.4 Å². The summed E-state index contributed by atoms with van der Waals surface area (Å²) in [5.74, 6) is 3.40. The van der Waals surface area contributed by atoms with Crippen molar-refractivity contribution in [1.29, 1.82) is 0 Å². The first-order chi connectivity index (χ1) is 30.6. The second kappa shape index (κ2) is 16.1. The molecule has 6 aromatic carbocycles. The number of hydrogen-bond donors (Lipinski definition) is 0. The fourth-order valence-corrected chi connectivity index (χ4v) is 10.7. The Morgan fingerprint density at radius 3 is 2.00 bits per heavy atom. The van der Waals surface area contributed by atoms with Gasteiger partial charge in [0.25, 0.3) is 6.71 Å². The van der Waals surface area contributed by atoms with Crippen LogP contribution in [-0.4, -0.2) is 32.8 Å². The van der Waals surface area contributed by atoms with Crippen LogP contribution >= 0.6 is 0 Å². The number of benzene rings is 6. The van der Waals surface area contributed by atoms with Crippen molar-refractivity contribution in [2.75, 3.05) is 0 Å². The largest absolute Gasteiger partial charge is 0.501 e. The Hall–Kier alpha value is -5.83. The maximum Gasteiger partial charge on any atom is 0.260 e. The van der Waals surface area contributed by atoms with Gasteiger partial charge in [0.2, 0.25) is 0 Å². The number of rotatable bonds is 5. The maximum absolute atomic E-state index is 7.86. The Kier molecular flexibility index (Phi) is 9.86. The van der Waals surface area contributed by atoms with E-state index in [-0.39, 0.29) is 26.8 Å². The first-order valence-corrected chi connectivity index (χ1v) is 27.7. The first-order valence-electron chi connectivity index (χ1n) is 22.2. The third-order valence-electron chi connectivity index (χ3n) is 11.7. The van der Waals surface area contributed by atoms with Gasteiger partial charge in [-0.25, -0.2) is 0 Å². The molecule has 0 aliphatic carbocycles. The number of pyridine rings is 2. The summed E-state index contributed by atoms with van der Waals surface area (Å²) in [5.41, 5.74) is 10.2. The quantitative estimate of drug-likeness (QED) is 0.127. The molecular formula is C53H45BIrN2O3Si2-2. The molecule has 0 N–H and O–H groups in total. The monoisotopic (exact) mass is 1020 g/mol. The molecule has 0 bridgehead atoms. The van der Waals surface area contributed by atoms with E-state index < -0.39 is 23.0 Å². The third kappa shape index (κ3) is 7.58. The summed E-state index contributed by atoms with van der Waals surface area (Å²) in [6, 6.07) is 50.8. The van der Waals surface area contributed by atoms with Crippen molar-refractivity contribution in [3.8, 4) is 56.6 Å². The Balaban J connectivity index is 0.000000174. The smallest absolute Gasteiger partial charge is 0.260 e. The summed E-state index contributed by atoms with van der Waals surface area (Å²) < 4.78 is 42.9. The minimum Gasteiger partial charge on any atom is -0.501 e. The van der Waals surface area contributed by atoms with Crippen LogP contribution in [0.4, 0.5) is 0 Å². The van der Waals surface area contributed by atoms with Crippen LogP contribution < -0.4 is 36.2 Å². The third-order valence-corrected chi connectivity index (χ3v) is 15.8. The second-order valence-electron chi connectivity index (χ2n) is 17.8. The minimum atomic E-state index is -2.19. The van der Waals surface area contributed by atoms with Gasteiger partial charge in [-0.2, -0.15) is 0 Å². The van der Waals surface area contributed by atoms with E-state index in [0.29, 0.717) is 11.1 Å². The Morgan fingerprint density at radius 2 is 1.27 bits per heavy atom. The van der Waals surface area contributed by atoms with Crippen molar-refractivity contribution in [3.05, 3.63) is 164 Å². The molecule has 1 radical (unpaired) electrons. The normalized spacial score (nSPS) is 13.5. The molecule has 9 heteroatoms. The molecule has 62 heavy (non-hydrogen) atoms. The van der Waals surface area contributed by atoms with Gasteiger partial charge in [0.1, 0.15) is 28.6 Å². The zero-order chi connectivity index (χ0) is 44.5. The van der Waals surface area contributed by atoms with Gasteiger partial charge in [-0.05, 0) is 70.3 Å². The van der Waals surface area contributed by atoms with E-state index in [4.69, 9.17) is 23.0 Å². The van der Waals surface area contributed by atoms with Gasteiger partial charge in [-0.15, -0.1) is 47.5 Å². The van der Waals surface area contributed by atoms with Crippen LogP contribution in [0.15, 0.2) is 150 Å². The summed E-state index contributed by atoms with van der Waals surface area (Å²) in [5, 5.41) is 4.74. The van der Waals surface area contributed by atoms with Gasteiger partial charge >= 0.3 is 0 Å². The summed E-state index contributed by atoms with van der Waals surface area (Å²) in [6.45, 7) is 11.7. The van der Waals surface area contributed by atoms with Crippen LogP contribution in [0, 0.1) is 19.0 Å². The van der Waals surface area contributed by atoms with Crippen molar-refractivity contribution in [2.45, 2.75) is 46.1 Å². The summed E-state index contributed by atoms with van der Waals surface area (Å²) in [7, 11) is -2.96. The van der Waals surface area contributed by atoms with Gasteiger partial charge in [0, 0.05) is 47.5 Å². The maximum atomic E-state index is 7.86. The number of nitrogens with zero attached hydrogens (tertiary/aromatic N) is 2. The van der Waals surface area contributed by atoms with E-state index >= 15 is 0 Å². The fourth-order valence-electron chi connectivity index (χ4n) is 8.37. The van der Waals surface area contributed by atoms with E-state index in [9.17, 15) is 0 Å². The van der Waals surface area contributed by atoms with Crippen LogP contribution in [0.1, 0.15) is 9.68 Å². The number of furan rings is 1. The Labute approximate surface area is 383 Å². The first kappa shape index (κ1) is 37.9. The van der Waals surface area contributed by atoms with Crippen LogP contribution in [0.2, 0.25) is 39.3 Å². The molecule has 0 saturated heterocycles. The number of aryl methyl sites for hydroxylation is 1. The molecule has 0 spiro atoms. The van der Waals surface area contributed by atoms with Crippen LogP contribution in [0.5, 0.6) is 23.0 Å². The van der Waals surface area contributed by atoms with E-state index in [0.717, 1.165) is 89.4 Å². The van der Waals surface area contributed by atoms with Gasteiger partial charge in [0.15, 0.2) is 0 Å². The van der Waals surface area contributed by atoms with Gasteiger partial charge in [-0.3, -0.25) is 0 Å². The van der Waals surface area contributed by atoms with Gasteiger partial charge < -0.3 is 23.9 Å². The summed E-state index contributed by atoms with van der Waals surface area (Å²) >= 11 is 0. The van der Waals surface area contributed by atoms with Crippen LogP contribution in [-0.2, 0) is 20.1 Å². The number of fused-ring (bicyclic) bond motifs is 7. The van der Waals surface area contributed by atoms with Gasteiger partial charge in [-0.1, -0.05) is 140 Å². The molecule has 0 unspecified atom stereocenters. The molecule has 5 heterocycles. The zero-order valence-corrected chi connectivity index (χ0v) is 39.8. The van der Waals surface area contributed by atoms with Crippen molar-refractivity contribution in [1.82, 2.24) is 9.97 Å².